The van der Waals surface area contributed by atoms with Crippen LogP contribution < -0.4 is 10.2 Å². The molecule has 184 valence electrons. The van der Waals surface area contributed by atoms with Gasteiger partial charge in [-0.3, -0.25) is 9.59 Å². The highest BCUT2D eigenvalue weighted by Crippen LogP contribution is 2.38. The van der Waals surface area contributed by atoms with Gasteiger partial charge in [0, 0.05) is 16.0 Å². The lowest BCUT2D eigenvalue weighted by Gasteiger charge is -2.16. The van der Waals surface area contributed by atoms with Crippen LogP contribution in [-0.4, -0.2) is 24.4 Å². The molecule has 7 heteroatoms. The van der Waals surface area contributed by atoms with Crippen LogP contribution in [0.5, 0.6) is 0 Å². The van der Waals surface area contributed by atoms with Crippen molar-refractivity contribution in [1.82, 2.24) is 0 Å². The lowest BCUT2D eigenvalue weighted by atomic mass is 10.1. The van der Waals surface area contributed by atoms with E-state index in [1.165, 1.54) is 11.8 Å². The molecule has 4 aromatic carbocycles. The predicted molar refractivity (Wildman–Crippen MR) is 146 cm³/mol. The van der Waals surface area contributed by atoms with Crippen LogP contribution in [0.3, 0.4) is 0 Å². The molecule has 0 saturated heterocycles. The van der Waals surface area contributed by atoms with Gasteiger partial charge in [0.2, 0.25) is 0 Å². The number of imide groups is 1. The summed E-state index contributed by atoms with van der Waals surface area (Å²) < 4.78 is 5.18. The number of nitrogens with zero attached hydrogens (tertiary/aromatic N) is 1. The molecule has 0 saturated carbocycles. The van der Waals surface area contributed by atoms with Gasteiger partial charge in [0.25, 0.3) is 11.8 Å². The lowest BCUT2D eigenvalue weighted by Crippen LogP contribution is -2.32. The summed E-state index contributed by atoms with van der Waals surface area (Å²) in [6.45, 7) is 2.25. The van der Waals surface area contributed by atoms with Gasteiger partial charge in [-0.2, -0.15) is 0 Å². The molecule has 0 spiro atoms. The highest BCUT2D eigenvalue weighted by Gasteiger charge is 2.40. The Bertz CT molecular complexity index is 1510. The summed E-state index contributed by atoms with van der Waals surface area (Å²) in [4.78, 5) is 41.8. The Kier molecular flexibility index (Phi) is 7.05. The molecule has 37 heavy (non-hydrogen) atoms. The maximum absolute atomic E-state index is 13.7. The average molecular weight is 509 g/mol. The normalized spacial score (nSPS) is 13.4. The summed E-state index contributed by atoms with van der Waals surface area (Å²) in [6.07, 6.45) is 0.723. The van der Waals surface area contributed by atoms with E-state index >= 15 is 0 Å². The van der Waals surface area contributed by atoms with Gasteiger partial charge < -0.3 is 10.1 Å². The SMILES string of the molecule is CCCOC(=O)c1ccc(N2C(=O)C(Nc3cccc4ccccc34)=C(Sc3ccccc3)C2=O)cc1. The smallest absolute Gasteiger partial charge is 0.338 e. The van der Waals surface area contributed by atoms with Crippen LogP contribution in [0.15, 0.2) is 113 Å². The van der Waals surface area contributed by atoms with E-state index in [9.17, 15) is 14.4 Å². The zero-order valence-corrected chi connectivity index (χ0v) is 21.0. The highest BCUT2D eigenvalue weighted by atomic mass is 32.2. The monoisotopic (exact) mass is 508 g/mol. The molecule has 6 nitrogen and oxygen atoms in total. The van der Waals surface area contributed by atoms with E-state index in [-0.39, 0.29) is 5.70 Å². The predicted octanol–water partition coefficient (Wildman–Crippen LogP) is 6.40. The number of carbonyl (C=O) groups is 3. The molecule has 0 unspecified atom stereocenters. The second-order valence-corrected chi connectivity index (χ2v) is 9.48. The number of benzene rings is 4. The first-order chi connectivity index (χ1) is 18.1. The van der Waals surface area contributed by atoms with Gasteiger partial charge in [-0.1, -0.05) is 73.3 Å². The fraction of sp³-hybridized carbons (Fsp3) is 0.100. The van der Waals surface area contributed by atoms with Crippen molar-refractivity contribution in [2.45, 2.75) is 18.2 Å². The number of ether oxygens (including phenoxy) is 1. The minimum atomic E-state index is -0.460. The van der Waals surface area contributed by atoms with E-state index in [1.54, 1.807) is 24.3 Å². The Hall–Kier alpha value is -4.36. The van der Waals surface area contributed by atoms with Gasteiger partial charge in [-0.05, 0) is 54.3 Å². The summed E-state index contributed by atoms with van der Waals surface area (Å²) in [7, 11) is 0. The number of rotatable bonds is 8. The first kappa shape index (κ1) is 24.3. The van der Waals surface area contributed by atoms with E-state index in [1.807, 2.05) is 79.7 Å². The van der Waals surface area contributed by atoms with Crippen LogP contribution in [0, 0.1) is 0 Å². The summed E-state index contributed by atoms with van der Waals surface area (Å²) in [5.74, 6) is -1.33. The molecule has 5 rings (SSSR count). The third kappa shape index (κ3) is 4.99. The van der Waals surface area contributed by atoms with Crippen molar-refractivity contribution in [3.8, 4) is 0 Å². The maximum atomic E-state index is 13.7. The first-order valence-corrected chi connectivity index (χ1v) is 12.8. The number of fused-ring (bicyclic) bond motifs is 1. The third-order valence-corrected chi connectivity index (χ3v) is 6.94. The Morgan fingerprint density at radius 3 is 2.30 bits per heavy atom. The van der Waals surface area contributed by atoms with Crippen LogP contribution in [0.1, 0.15) is 23.7 Å². The Morgan fingerprint density at radius 1 is 0.838 bits per heavy atom. The molecule has 1 aliphatic heterocycles. The summed E-state index contributed by atoms with van der Waals surface area (Å²) in [5.41, 5.74) is 1.68. The number of hydrogen-bond donors (Lipinski definition) is 1. The standard InChI is InChI=1S/C30H24N2O4S/c1-2-19-36-30(35)21-15-17-22(18-16-21)32-28(33)26(27(29(32)34)37-23-11-4-3-5-12-23)31-25-14-8-10-20-9-6-7-13-24(20)25/h3-18,31H,2,19H2,1H3. The number of thioether (sulfide) groups is 1. The van der Waals surface area contributed by atoms with Gasteiger partial charge in [0.05, 0.1) is 17.9 Å². The fourth-order valence-corrected chi connectivity index (χ4v) is 5.00. The molecule has 0 atom stereocenters. The summed E-state index contributed by atoms with van der Waals surface area (Å²) >= 11 is 1.24. The molecular weight excluding hydrogens is 484 g/mol. The number of hydrogen-bond acceptors (Lipinski definition) is 6. The van der Waals surface area contributed by atoms with Crippen molar-refractivity contribution in [2.24, 2.45) is 0 Å². The van der Waals surface area contributed by atoms with Crippen molar-refractivity contribution in [1.29, 1.82) is 0 Å². The van der Waals surface area contributed by atoms with Crippen LogP contribution in [-0.2, 0) is 14.3 Å². The van der Waals surface area contributed by atoms with E-state index in [0.29, 0.717) is 22.8 Å². The average Bonchev–Trinajstić information content (AvgIpc) is 3.16. The van der Waals surface area contributed by atoms with Gasteiger partial charge in [0.1, 0.15) is 10.6 Å². The number of nitrogens with one attached hydrogen (secondary N) is 1. The molecule has 2 amide bonds. The maximum Gasteiger partial charge on any atom is 0.338 e. The molecule has 1 N–H and O–H groups in total. The van der Waals surface area contributed by atoms with Crippen molar-refractivity contribution in [3.63, 3.8) is 0 Å². The molecule has 1 aliphatic rings. The topological polar surface area (TPSA) is 75.7 Å². The van der Waals surface area contributed by atoms with E-state index in [2.05, 4.69) is 5.32 Å². The van der Waals surface area contributed by atoms with Crippen LogP contribution in [0.2, 0.25) is 0 Å². The van der Waals surface area contributed by atoms with E-state index < -0.39 is 17.8 Å². The van der Waals surface area contributed by atoms with Gasteiger partial charge in [-0.25, -0.2) is 9.69 Å². The van der Waals surface area contributed by atoms with Crippen LogP contribution in [0.4, 0.5) is 11.4 Å². The molecule has 4 aromatic rings. The largest absolute Gasteiger partial charge is 0.462 e. The minimum absolute atomic E-state index is 0.210. The van der Waals surface area contributed by atoms with Crippen LogP contribution >= 0.6 is 11.8 Å². The Labute approximate surface area is 218 Å². The van der Waals surface area contributed by atoms with E-state index in [0.717, 1.165) is 32.7 Å². The number of carbonyl (C=O) groups excluding carboxylic acids is 3. The molecule has 0 aromatic heterocycles. The third-order valence-electron chi connectivity index (χ3n) is 5.85. The second kappa shape index (κ2) is 10.7. The molecule has 0 aliphatic carbocycles. The Morgan fingerprint density at radius 2 is 1.54 bits per heavy atom. The van der Waals surface area contributed by atoms with Crippen molar-refractivity contribution in [2.75, 3.05) is 16.8 Å². The fourth-order valence-electron chi connectivity index (χ4n) is 4.05. The van der Waals surface area contributed by atoms with Crippen molar-refractivity contribution < 1.29 is 19.1 Å². The van der Waals surface area contributed by atoms with Crippen molar-refractivity contribution in [3.05, 3.63) is 113 Å². The van der Waals surface area contributed by atoms with Gasteiger partial charge in [-0.15, -0.1) is 0 Å². The molecule has 0 radical (unpaired) electrons. The number of esters is 1. The highest BCUT2D eigenvalue weighted by molar-refractivity contribution is 8.04. The molecule has 0 bridgehead atoms. The van der Waals surface area contributed by atoms with Gasteiger partial charge >= 0.3 is 5.97 Å². The Balaban J connectivity index is 1.50. The quantitative estimate of drug-likeness (QED) is 0.219. The lowest BCUT2D eigenvalue weighted by molar-refractivity contribution is -0.120. The van der Waals surface area contributed by atoms with Crippen molar-refractivity contribution >= 4 is 51.7 Å². The number of amides is 2. The zero-order chi connectivity index (χ0) is 25.8. The molecule has 0 fully saturated rings. The zero-order valence-electron chi connectivity index (χ0n) is 20.1. The minimum Gasteiger partial charge on any atom is -0.462 e. The summed E-state index contributed by atoms with van der Waals surface area (Å²) in [6, 6.07) is 29.4. The number of anilines is 2. The second-order valence-electron chi connectivity index (χ2n) is 8.40. The molecule has 1 heterocycles. The van der Waals surface area contributed by atoms with E-state index in [4.69, 9.17) is 4.74 Å². The summed E-state index contributed by atoms with van der Waals surface area (Å²) in [5, 5.41) is 5.22. The first-order valence-electron chi connectivity index (χ1n) is 11.9. The van der Waals surface area contributed by atoms with Gasteiger partial charge in [0.15, 0.2) is 0 Å². The van der Waals surface area contributed by atoms with Crippen LogP contribution in [0.25, 0.3) is 10.8 Å². The molecular formula is C30H24N2O4S.